The van der Waals surface area contributed by atoms with Crippen molar-refractivity contribution in [2.75, 3.05) is 20.8 Å². The first kappa shape index (κ1) is 20.1. The lowest BCUT2D eigenvalue weighted by Crippen LogP contribution is -2.26. The van der Waals surface area contributed by atoms with Crippen LogP contribution in [0.1, 0.15) is 31.2 Å². The van der Waals surface area contributed by atoms with Crippen LogP contribution in [0, 0.1) is 6.92 Å². The van der Waals surface area contributed by atoms with E-state index in [1.165, 1.54) is 14.0 Å². The first-order chi connectivity index (χ1) is 12.3. The highest BCUT2D eigenvalue weighted by Gasteiger charge is 2.32. The van der Waals surface area contributed by atoms with E-state index in [-0.39, 0.29) is 26.8 Å². The number of nitrogens with one attached hydrogen (secondary N) is 1. The van der Waals surface area contributed by atoms with E-state index in [0.29, 0.717) is 17.8 Å². The minimum atomic E-state index is -4.00. The number of ether oxygens (including phenoxy) is 2. The Hall–Kier alpha value is -2.23. The van der Waals surface area contributed by atoms with Gasteiger partial charge in [-0.1, -0.05) is 30.3 Å². The average molecular weight is 397 g/mol. The van der Waals surface area contributed by atoms with Gasteiger partial charge in [-0.3, -0.25) is 0 Å². The number of methoxy groups -OCH3 is 2. The normalized spacial score (nSPS) is 11.2. The van der Waals surface area contributed by atoms with Crippen molar-refractivity contribution in [3.8, 4) is 0 Å². The van der Waals surface area contributed by atoms with Crippen molar-refractivity contribution in [1.82, 2.24) is 4.72 Å². The van der Waals surface area contributed by atoms with Crippen molar-refractivity contribution in [3.63, 3.8) is 0 Å². The molecule has 1 N–H and O–H groups in total. The van der Waals surface area contributed by atoms with E-state index >= 15 is 0 Å². The van der Waals surface area contributed by atoms with Gasteiger partial charge >= 0.3 is 11.9 Å². The molecule has 0 bridgehead atoms. The molecule has 0 aliphatic rings. The van der Waals surface area contributed by atoms with E-state index in [1.54, 1.807) is 0 Å². The van der Waals surface area contributed by atoms with Crippen molar-refractivity contribution in [3.05, 3.63) is 51.9 Å². The van der Waals surface area contributed by atoms with Gasteiger partial charge in [0.2, 0.25) is 0 Å². The van der Waals surface area contributed by atoms with Crippen molar-refractivity contribution in [2.45, 2.75) is 17.6 Å². The summed E-state index contributed by atoms with van der Waals surface area (Å²) >= 11 is 0.690. The second-order valence-corrected chi connectivity index (χ2v) is 8.32. The van der Waals surface area contributed by atoms with Gasteiger partial charge in [0.05, 0.1) is 19.8 Å². The zero-order valence-corrected chi connectivity index (χ0v) is 16.2. The third kappa shape index (κ3) is 4.29. The van der Waals surface area contributed by atoms with Crippen LogP contribution in [-0.2, 0) is 25.9 Å². The van der Waals surface area contributed by atoms with E-state index in [0.717, 1.165) is 12.7 Å². The molecule has 140 valence electrons. The predicted octanol–water partition coefficient (Wildman–Crippen LogP) is 2.15. The van der Waals surface area contributed by atoms with E-state index in [1.807, 2.05) is 30.3 Å². The lowest BCUT2D eigenvalue weighted by atomic mass is 10.2. The summed E-state index contributed by atoms with van der Waals surface area (Å²) in [5.41, 5.74) is 1.04. The van der Waals surface area contributed by atoms with Gasteiger partial charge < -0.3 is 9.47 Å². The Balaban J connectivity index is 2.32. The fourth-order valence-electron chi connectivity index (χ4n) is 2.34. The second-order valence-electron chi connectivity index (χ2n) is 5.34. The number of carbonyl (C=O) groups excluding carboxylic acids is 2. The van der Waals surface area contributed by atoms with Gasteiger partial charge in [-0.25, -0.2) is 22.7 Å². The summed E-state index contributed by atoms with van der Waals surface area (Å²) in [4.78, 5) is 24.0. The molecule has 1 aromatic carbocycles. The summed E-state index contributed by atoms with van der Waals surface area (Å²) in [7, 11) is -1.66. The fraction of sp³-hybridized carbons (Fsp3) is 0.294. The zero-order valence-electron chi connectivity index (χ0n) is 14.6. The molecule has 0 aliphatic heterocycles. The standard InChI is InChI=1S/C17H19NO6S2/c1-11-13(15(19)23-2)17(25-14(11)16(20)24-3)26(21,22)18-10-9-12-7-5-4-6-8-12/h4-8,18H,9-10H2,1-3H3. The van der Waals surface area contributed by atoms with Crippen LogP contribution in [0.3, 0.4) is 0 Å². The molecular formula is C17H19NO6S2. The summed E-state index contributed by atoms with van der Waals surface area (Å²) in [6.07, 6.45) is 0.488. The third-order valence-corrected chi connectivity index (χ3v) is 6.92. The van der Waals surface area contributed by atoms with Gasteiger partial charge in [-0.05, 0) is 24.5 Å². The molecule has 7 nitrogen and oxygen atoms in total. The predicted molar refractivity (Wildman–Crippen MR) is 97.1 cm³/mol. The molecule has 9 heteroatoms. The molecule has 0 atom stereocenters. The molecule has 0 saturated carbocycles. The Kier molecular flexibility index (Phi) is 6.52. The van der Waals surface area contributed by atoms with Gasteiger partial charge in [0.15, 0.2) is 4.21 Å². The first-order valence-corrected chi connectivity index (χ1v) is 9.95. The highest BCUT2D eigenvalue weighted by atomic mass is 32.2. The fourth-order valence-corrected chi connectivity index (χ4v) is 5.16. The lowest BCUT2D eigenvalue weighted by Gasteiger charge is -2.07. The molecule has 0 fully saturated rings. The number of carbonyl (C=O) groups is 2. The number of thiophene rings is 1. The number of hydrogen-bond acceptors (Lipinski definition) is 7. The summed E-state index contributed by atoms with van der Waals surface area (Å²) in [6.45, 7) is 1.63. The maximum absolute atomic E-state index is 12.7. The Labute approximate surface area is 156 Å². The third-order valence-electron chi connectivity index (χ3n) is 3.67. The van der Waals surface area contributed by atoms with Gasteiger partial charge in [0, 0.05) is 6.54 Å². The molecule has 0 amide bonds. The highest BCUT2D eigenvalue weighted by Crippen LogP contribution is 2.33. The van der Waals surface area contributed by atoms with Gasteiger partial charge in [0.25, 0.3) is 10.0 Å². The van der Waals surface area contributed by atoms with Crippen LogP contribution in [0.15, 0.2) is 34.5 Å². The smallest absolute Gasteiger partial charge is 0.348 e. The number of sulfonamides is 1. The maximum Gasteiger partial charge on any atom is 0.348 e. The van der Waals surface area contributed by atoms with E-state index < -0.39 is 22.0 Å². The maximum atomic E-state index is 12.7. The minimum Gasteiger partial charge on any atom is -0.465 e. The van der Waals surface area contributed by atoms with Crippen LogP contribution >= 0.6 is 11.3 Å². The number of benzene rings is 1. The van der Waals surface area contributed by atoms with Crippen LogP contribution in [0.5, 0.6) is 0 Å². The Morgan fingerprint density at radius 1 is 1.08 bits per heavy atom. The minimum absolute atomic E-state index is 0.0522. The topological polar surface area (TPSA) is 98.8 Å². The van der Waals surface area contributed by atoms with E-state index in [4.69, 9.17) is 0 Å². The van der Waals surface area contributed by atoms with Crippen molar-refractivity contribution in [2.24, 2.45) is 0 Å². The number of hydrogen-bond donors (Lipinski definition) is 1. The van der Waals surface area contributed by atoms with Crippen LogP contribution in [0.25, 0.3) is 0 Å². The van der Waals surface area contributed by atoms with Gasteiger partial charge in [-0.15, -0.1) is 11.3 Å². The van der Waals surface area contributed by atoms with Gasteiger partial charge in [-0.2, -0.15) is 0 Å². The lowest BCUT2D eigenvalue weighted by molar-refractivity contribution is 0.0596. The zero-order chi connectivity index (χ0) is 19.3. The summed E-state index contributed by atoms with van der Waals surface area (Å²) in [5, 5.41) is 0. The molecule has 26 heavy (non-hydrogen) atoms. The Bertz CT molecular complexity index is 903. The number of esters is 2. The van der Waals surface area contributed by atoms with E-state index in [2.05, 4.69) is 14.2 Å². The van der Waals surface area contributed by atoms with Crippen LogP contribution in [0.2, 0.25) is 0 Å². The van der Waals surface area contributed by atoms with Crippen LogP contribution in [0.4, 0.5) is 0 Å². The van der Waals surface area contributed by atoms with Crippen LogP contribution in [-0.4, -0.2) is 41.1 Å². The second kappa shape index (κ2) is 8.43. The molecule has 0 aliphatic carbocycles. The SMILES string of the molecule is COC(=O)c1sc(S(=O)(=O)NCCc2ccccc2)c(C(=O)OC)c1C. The summed E-state index contributed by atoms with van der Waals surface area (Å²) < 4.78 is 36.9. The molecule has 1 heterocycles. The summed E-state index contributed by atoms with van der Waals surface area (Å²) in [6, 6.07) is 9.38. The van der Waals surface area contributed by atoms with Crippen molar-refractivity contribution >= 4 is 33.3 Å². The van der Waals surface area contributed by atoms with Crippen LogP contribution < -0.4 is 4.72 Å². The Morgan fingerprint density at radius 3 is 2.27 bits per heavy atom. The summed E-state index contributed by atoms with van der Waals surface area (Å²) in [5.74, 6) is -1.53. The quantitative estimate of drug-likeness (QED) is 0.719. The molecular weight excluding hydrogens is 378 g/mol. The molecule has 1 aromatic heterocycles. The highest BCUT2D eigenvalue weighted by molar-refractivity contribution is 7.91. The monoisotopic (exact) mass is 397 g/mol. The average Bonchev–Trinajstić information content (AvgIpc) is 2.99. The molecule has 2 rings (SSSR count). The molecule has 0 unspecified atom stereocenters. The van der Waals surface area contributed by atoms with E-state index in [9.17, 15) is 18.0 Å². The van der Waals surface area contributed by atoms with Crippen molar-refractivity contribution in [1.29, 1.82) is 0 Å². The molecule has 2 aromatic rings. The van der Waals surface area contributed by atoms with Gasteiger partial charge in [0.1, 0.15) is 4.88 Å². The molecule has 0 saturated heterocycles. The number of rotatable bonds is 7. The Morgan fingerprint density at radius 2 is 1.69 bits per heavy atom. The van der Waals surface area contributed by atoms with Crippen molar-refractivity contribution < 1.29 is 27.5 Å². The molecule has 0 radical (unpaired) electrons. The molecule has 0 spiro atoms. The largest absolute Gasteiger partial charge is 0.465 e. The first-order valence-electron chi connectivity index (χ1n) is 7.65.